The molecule has 3 aromatic heterocycles. The van der Waals surface area contributed by atoms with Gasteiger partial charge in [0.2, 0.25) is 10.0 Å². The van der Waals surface area contributed by atoms with Gasteiger partial charge >= 0.3 is 0 Å². The molecule has 3 N–H and O–H groups in total. The summed E-state index contributed by atoms with van der Waals surface area (Å²) in [5, 5.41) is 8.54. The van der Waals surface area contributed by atoms with Crippen molar-refractivity contribution in [3.8, 4) is 0 Å². The number of nitrogens with zero attached hydrogens (tertiary/aromatic N) is 5. The number of amides is 1. The van der Waals surface area contributed by atoms with Crippen LogP contribution in [0.25, 0.3) is 16.8 Å². The number of rotatable bonds is 7. The molecule has 0 saturated carbocycles. The number of sulfonamides is 1. The third kappa shape index (κ3) is 4.81. The van der Waals surface area contributed by atoms with Gasteiger partial charge in [-0.2, -0.15) is 0 Å². The zero-order valence-corrected chi connectivity index (χ0v) is 21.1. The van der Waals surface area contributed by atoms with Crippen molar-refractivity contribution >= 4 is 50.1 Å². The lowest BCUT2D eigenvalue weighted by molar-refractivity contribution is 0.0940. The maximum absolute atomic E-state index is 13.5. The topological polar surface area (TPSA) is 145 Å². The number of halogens is 1. The van der Waals surface area contributed by atoms with Gasteiger partial charge in [-0.05, 0) is 37.1 Å². The summed E-state index contributed by atoms with van der Waals surface area (Å²) in [5.41, 5.74) is 6.59. The van der Waals surface area contributed by atoms with E-state index in [9.17, 15) is 18.0 Å². The lowest BCUT2D eigenvalue weighted by Gasteiger charge is -2.22. The molecule has 0 fully saturated rings. The molecular formula is C22H26ClN7O4S. The Bertz CT molecular complexity index is 1610. The van der Waals surface area contributed by atoms with Crippen LogP contribution < -0.4 is 27.0 Å². The lowest BCUT2D eigenvalue weighted by Crippen LogP contribution is -2.50. The van der Waals surface area contributed by atoms with Gasteiger partial charge in [-0.25, -0.2) is 22.2 Å². The third-order valence-corrected chi connectivity index (χ3v) is 7.70. The first-order valence-electron chi connectivity index (χ1n) is 10.9. The van der Waals surface area contributed by atoms with Crippen molar-refractivity contribution in [1.29, 1.82) is 0 Å². The summed E-state index contributed by atoms with van der Waals surface area (Å²) in [4.78, 5) is 30.8. The predicted molar refractivity (Wildman–Crippen MR) is 134 cm³/mol. The van der Waals surface area contributed by atoms with Gasteiger partial charge in [0.1, 0.15) is 5.56 Å². The maximum Gasteiger partial charge on any atom is 0.259 e. The largest absolute Gasteiger partial charge is 0.381 e. The fraction of sp³-hybridized carbons (Fsp3) is 0.364. The molecule has 13 heteroatoms. The van der Waals surface area contributed by atoms with E-state index in [1.807, 2.05) is 6.08 Å². The Morgan fingerprint density at radius 2 is 2.14 bits per heavy atom. The highest BCUT2D eigenvalue weighted by Gasteiger charge is 2.23. The van der Waals surface area contributed by atoms with Gasteiger partial charge < -0.3 is 15.6 Å². The molecule has 1 aliphatic rings. The van der Waals surface area contributed by atoms with Crippen molar-refractivity contribution in [2.75, 3.05) is 25.6 Å². The molecule has 186 valence electrons. The molecule has 3 aromatic rings. The normalized spacial score (nSPS) is 14.6. The number of likely N-dealkylation sites (N-methyl/N-ethyl adjacent to an activating group) is 1. The highest BCUT2D eigenvalue weighted by atomic mass is 35.5. The van der Waals surface area contributed by atoms with Gasteiger partial charge in [-0.3, -0.25) is 9.59 Å². The zero-order valence-electron chi connectivity index (χ0n) is 19.5. The molecule has 0 radical (unpaired) electrons. The molecule has 4 rings (SSSR count). The van der Waals surface area contributed by atoms with Gasteiger partial charge in [0.25, 0.3) is 11.5 Å². The van der Waals surface area contributed by atoms with Crippen LogP contribution in [0.3, 0.4) is 0 Å². The highest BCUT2D eigenvalue weighted by Crippen LogP contribution is 2.18. The lowest BCUT2D eigenvalue weighted by atomic mass is 10.1. The number of carbonyl (C=O) groups excluding carboxylic acids is 1. The molecule has 0 bridgehead atoms. The molecule has 3 heterocycles. The van der Waals surface area contributed by atoms with Crippen LogP contribution in [-0.2, 0) is 16.6 Å². The van der Waals surface area contributed by atoms with E-state index in [1.165, 1.54) is 22.3 Å². The van der Waals surface area contributed by atoms with Crippen molar-refractivity contribution in [3.63, 3.8) is 0 Å². The van der Waals surface area contributed by atoms with Crippen molar-refractivity contribution in [2.45, 2.75) is 32.4 Å². The third-order valence-electron chi connectivity index (χ3n) is 6.01. The van der Waals surface area contributed by atoms with Crippen LogP contribution in [0.2, 0.25) is 0 Å². The molecule has 0 aliphatic heterocycles. The SMILES string of the molecule is CC(NC(=O)c1c(N)nn2cccnc12)c1cc2c(c(=O)n1CCN(C)S(C)(=O)=O)=C(Cl)CCC=2. The Hall–Kier alpha value is -3.22. The first-order chi connectivity index (χ1) is 16.5. The molecular weight excluding hydrogens is 494 g/mol. The second-order valence-corrected chi connectivity index (χ2v) is 11.0. The summed E-state index contributed by atoms with van der Waals surface area (Å²) in [6.45, 7) is 1.88. The van der Waals surface area contributed by atoms with E-state index in [0.717, 1.165) is 10.6 Å². The molecule has 0 spiro atoms. The quantitative estimate of drug-likeness (QED) is 0.439. The summed E-state index contributed by atoms with van der Waals surface area (Å²) in [6, 6.07) is 2.85. The Morgan fingerprint density at radius 3 is 2.86 bits per heavy atom. The number of anilines is 1. The molecule has 1 amide bonds. The zero-order chi connectivity index (χ0) is 25.5. The standard InChI is InChI=1S/C22H26ClN7O4S/c1-13(26-21(31)18-19(24)27-30-9-5-8-25-20(18)30)16-12-14-6-4-7-15(23)17(14)22(32)29(16)11-10-28(2)35(3,33)34/h5-6,8-9,12-13H,4,7,10-11H2,1-3H3,(H2,24,27)(H,26,31). The fourth-order valence-electron chi connectivity index (χ4n) is 4.06. The van der Waals surface area contributed by atoms with Crippen molar-refractivity contribution in [3.05, 3.63) is 56.6 Å². The Balaban J connectivity index is 1.75. The molecule has 1 unspecified atom stereocenters. The van der Waals surface area contributed by atoms with Gasteiger partial charge in [0.15, 0.2) is 11.5 Å². The van der Waals surface area contributed by atoms with Crippen molar-refractivity contribution < 1.29 is 13.2 Å². The number of hydrogen-bond donors (Lipinski definition) is 2. The van der Waals surface area contributed by atoms with Crippen LogP contribution in [0.15, 0.2) is 29.3 Å². The average molecular weight is 520 g/mol. The molecule has 35 heavy (non-hydrogen) atoms. The average Bonchev–Trinajstić information content (AvgIpc) is 3.13. The first-order valence-corrected chi connectivity index (χ1v) is 13.1. The summed E-state index contributed by atoms with van der Waals surface area (Å²) in [7, 11) is -2.00. The minimum Gasteiger partial charge on any atom is -0.381 e. The van der Waals surface area contributed by atoms with E-state index < -0.39 is 22.0 Å². The molecule has 0 aromatic carbocycles. The van der Waals surface area contributed by atoms with Crippen LogP contribution >= 0.6 is 11.6 Å². The number of hydrogen-bond acceptors (Lipinski definition) is 7. The fourth-order valence-corrected chi connectivity index (χ4v) is 4.77. The van der Waals surface area contributed by atoms with E-state index >= 15 is 0 Å². The summed E-state index contributed by atoms with van der Waals surface area (Å²) in [5.74, 6) is -0.469. The second kappa shape index (κ2) is 9.44. The van der Waals surface area contributed by atoms with Crippen LogP contribution in [-0.4, -0.2) is 57.6 Å². The number of nitrogens with two attached hydrogens (primary N) is 1. The molecule has 0 saturated heterocycles. The van der Waals surface area contributed by atoms with E-state index in [2.05, 4.69) is 15.4 Å². The van der Waals surface area contributed by atoms with Crippen molar-refractivity contribution in [1.82, 2.24) is 28.8 Å². The van der Waals surface area contributed by atoms with Gasteiger partial charge in [-0.1, -0.05) is 17.7 Å². The van der Waals surface area contributed by atoms with Crippen molar-refractivity contribution in [2.24, 2.45) is 0 Å². The Kier molecular flexibility index (Phi) is 6.71. The predicted octanol–water partition coefficient (Wildman–Crippen LogP) is -0.223. The molecule has 1 atom stereocenters. The maximum atomic E-state index is 13.5. The van der Waals surface area contributed by atoms with Crippen LogP contribution in [0, 0.1) is 0 Å². The first kappa shape index (κ1) is 24.9. The van der Waals surface area contributed by atoms with Crippen LogP contribution in [0.1, 0.15) is 41.9 Å². The Morgan fingerprint density at radius 1 is 1.40 bits per heavy atom. The number of nitrogens with one attached hydrogen (secondary N) is 1. The monoisotopic (exact) mass is 519 g/mol. The Labute approximate surface area is 206 Å². The molecule has 1 aliphatic carbocycles. The van der Waals surface area contributed by atoms with Gasteiger partial charge in [-0.15, -0.1) is 5.10 Å². The van der Waals surface area contributed by atoms with E-state index in [1.54, 1.807) is 25.3 Å². The highest BCUT2D eigenvalue weighted by molar-refractivity contribution is 7.88. The minimum atomic E-state index is -3.44. The molecule has 11 nitrogen and oxygen atoms in total. The summed E-state index contributed by atoms with van der Waals surface area (Å²) < 4.78 is 27.8. The van der Waals surface area contributed by atoms with Gasteiger partial charge in [0.05, 0.1) is 17.5 Å². The number of aromatic nitrogens is 4. The van der Waals surface area contributed by atoms with E-state index in [0.29, 0.717) is 39.7 Å². The number of carbonyl (C=O) groups is 1. The van der Waals surface area contributed by atoms with E-state index in [4.69, 9.17) is 17.3 Å². The van der Waals surface area contributed by atoms with Crippen LogP contribution in [0.5, 0.6) is 0 Å². The van der Waals surface area contributed by atoms with Crippen LogP contribution in [0.4, 0.5) is 5.82 Å². The number of fused-ring (bicyclic) bond motifs is 2. The number of pyridine rings is 1. The smallest absolute Gasteiger partial charge is 0.259 e. The number of nitrogen functional groups attached to an aromatic ring is 1. The summed E-state index contributed by atoms with van der Waals surface area (Å²) >= 11 is 6.39. The summed E-state index contributed by atoms with van der Waals surface area (Å²) in [6.07, 6.45) is 7.44. The van der Waals surface area contributed by atoms with E-state index in [-0.39, 0.29) is 30.0 Å². The van der Waals surface area contributed by atoms with Gasteiger partial charge in [0, 0.05) is 43.3 Å². The minimum absolute atomic E-state index is 0.0284. The second-order valence-electron chi connectivity index (χ2n) is 8.43.